The first kappa shape index (κ1) is 8.27. The second-order valence-corrected chi connectivity index (χ2v) is 4.57. The average Bonchev–Trinajstić information content (AvgIpc) is 3.05. The topological polar surface area (TPSA) is 30.2 Å². The van der Waals surface area contributed by atoms with Crippen LogP contribution in [0.3, 0.4) is 0 Å². The molecular formula is C12H14O2. The Balaban J connectivity index is 1.85. The maximum absolute atomic E-state index is 10.8. The minimum atomic E-state index is 0.545. The highest BCUT2D eigenvalue weighted by molar-refractivity contribution is 5.77. The molecule has 0 aromatic carbocycles. The lowest BCUT2D eigenvalue weighted by molar-refractivity contribution is 0.112. The van der Waals surface area contributed by atoms with Crippen LogP contribution >= 0.6 is 0 Å². The van der Waals surface area contributed by atoms with Crippen LogP contribution in [0.1, 0.15) is 53.5 Å². The van der Waals surface area contributed by atoms with Crippen molar-refractivity contribution in [2.24, 2.45) is 5.92 Å². The highest BCUT2D eigenvalue weighted by Crippen LogP contribution is 2.43. The fraction of sp³-hybridized carbons (Fsp3) is 0.583. The molecule has 1 heterocycles. The van der Waals surface area contributed by atoms with Gasteiger partial charge in [0.2, 0.25) is 0 Å². The van der Waals surface area contributed by atoms with Gasteiger partial charge in [-0.1, -0.05) is 0 Å². The third-order valence-electron chi connectivity index (χ3n) is 3.10. The van der Waals surface area contributed by atoms with Gasteiger partial charge >= 0.3 is 0 Å². The summed E-state index contributed by atoms with van der Waals surface area (Å²) in [6.07, 6.45) is 7.02. The second-order valence-electron chi connectivity index (χ2n) is 4.57. The lowest BCUT2D eigenvalue weighted by atomic mass is 10.2. The number of aldehydes is 1. The summed E-state index contributed by atoms with van der Waals surface area (Å²) < 4.78 is 5.75. The fourth-order valence-corrected chi connectivity index (χ4v) is 1.94. The Morgan fingerprint density at radius 1 is 1.36 bits per heavy atom. The average molecular weight is 190 g/mol. The van der Waals surface area contributed by atoms with Gasteiger partial charge in [0.1, 0.15) is 11.5 Å². The van der Waals surface area contributed by atoms with E-state index in [9.17, 15) is 4.79 Å². The second kappa shape index (κ2) is 2.97. The minimum absolute atomic E-state index is 0.545. The molecule has 14 heavy (non-hydrogen) atoms. The summed E-state index contributed by atoms with van der Waals surface area (Å²) in [7, 11) is 0. The van der Waals surface area contributed by atoms with E-state index < -0.39 is 0 Å². The van der Waals surface area contributed by atoms with E-state index in [4.69, 9.17) is 4.42 Å². The van der Waals surface area contributed by atoms with E-state index in [0.717, 1.165) is 35.7 Å². The SMILES string of the molecule is O=Cc1cc(CC2CC2)oc1C1CC1. The third kappa shape index (κ3) is 1.49. The summed E-state index contributed by atoms with van der Waals surface area (Å²) >= 11 is 0. The summed E-state index contributed by atoms with van der Waals surface area (Å²) in [5.41, 5.74) is 0.795. The number of hydrogen-bond donors (Lipinski definition) is 0. The zero-order valence-electron chi connectivity index (χ0n) is 8.16. The molecule has 0 atom stereocenters. The lowest BCUT2D eigenvalue weighted by Crippen LogP contribution is -1.81. The molecule has 0 saturated heterocycles. The maximum atomic E-state index is 10.8. The highest BCUT2D eigenvalue weighted by Gasteiger charge is 2.31. The molecule has 2 heteroatoms. The predicted octanol–water partition coefficient (Wildman–Crippen LogP) is 2.92. The van der Waals surface area contributed by atoms with Crippen molar-refractivity contribution >= 4 is 6.29 Å². The fourth-order valence-electron chi connectivity index (χ4n) is 1.94. The molecule has 2 aliphatic carbocycles. The van der Waals surface area contributed by atoms with Crippen molar-refractivity contribution < 1.29 is 9.21 Å². The highest BCUT2D eigenvalue weighted by atomic mass is 16.3. The van der Waals surface area contributed by atoms with Gasteiger partial charge in [0.05, 0.1) is 5.56 Å². The van der Waals surface area contributed by atoms with Crippen LogP contribution in [0.2, 0.25) is 0 Å². The van der Waals surface area contributed by atoms with Crippen LogP contribution in [0, 0.1) is 5.92 Å². The van der Waals surface area contributed by atoms with Crippen molar-refractivity contribution in [1.29, 1.82) is 0 Å². The van der Waals surface area contributed by atoms with E-state index in [1.54, 1.807) is 0 Å². The van der Waals surface area contributed by atoms with Crippen molar-refractivity contribution in [3.63, 3.8) is 0 Å². The van der Waals surface area contributed by atoms with Crippen LogP contribution in [-0.4, -0.2) is 6.29 Å². The van der Waals surface area contributed by atoms with Crippen molar-refractivity contribution in [2.45, 2.75) is 38.0 Å². The van der Waals surface area contributed by atoms with Gasteiger partial charge in [0.25, 0.3) is 0 Å². The molecule has 0 N–H and O–H groups in total. The van der Waals surface area contributed by atoms with Crippen LogP contribution in [0.25, 0.3) is 0 Å². The van der Waals surface area contributed by atoms with Crippen LogP contribution in [0.4, 0.5) is 0 Å². The molecule has 0 amide bonds. The number of rotatable bonds is 4. The summed E-state index contributed by atoms with van der Waals surface area (Å²) in [6, 6.07) is 1.94. The Labute approximate surface area is 83.3 Å². The predicted molar refractivity (Wildman–Crippen MR) is 52.5 cm³/mol. The first-order valence-corrected chi connectivity index (χ1v) is 5.44. The zero-order valence-corrected chi connectivity index (χ0v) is 8.16. The summed E-state index contributed by atoms with van der Waals surface area (Å²) in [5, 5.41) is 0. The Morgan fingerprint density at radius 3 is 2.71 bits per heavy atom. The zero-order chi connectivity index (χ0) is 9.54. The van der Waals surface area contributed by atoms with Crippen LogP contribution in [0.5, 0.6) is 0 Å². The van der Waals surface area contributed by atoms with E-state index in [1.807, 2.05) is 6.07 Å². The maximum Gasteiger partial charge on any atom is 0.153 e. The first-order valence-electron chi connectivity index (χ1n) is 5.44. The van der Waals surface area contributed by atoms with Crippen molar-refractivity contribution in [3.05, 3.63) is 23.2 Å². The van der Waals surface area contributed by atoms with Gasteiger partial charge in [-0.25, -0.2) is 0 Å². The quantitative estimate of drug-likeness (QED) is 0.683. The molecule has 3 rings (SSSR count). The monoisotopic (exact) mass is 190 g/mol. The van der Waals surface area contributed by atoms with E-state index >= 15 is 0 Å². The molecule has 2 aliphatic rings. The smallest absolute Gasteiger partial charge is 0.153 e. The largest absolute Gasteiger partial charge is 0.465 e. The van der Waals surface area contributed by atoms with Crippen LogP contribution < -0.4 is 0 Å². The van der Waals surface area contributed by atoms with E-state index in [2.05, 4.69) is 0 Å². The summed E-state index contributed by atoms with van der Waals surface area (Å²) in [5.74, 6) is 3.35. The Morgan fingerprint density at radius 2 is 2.14 bits per heavy atom. The molecule has 0 spiro atoms. The number of carbonyl (C=O) groups excluding carboxylic acids is 1. The van der Waals surface area contributed by atoms with Crippen LogP contribution in [-0.2, 0) is 6.42 Å². The van der Waals surface area contributed by atoms with Crippen LogP contribution in [0.15, 0.2) is 10.5 Å². The van der Waals surface area contributed by atoms with E-state index in [-0.39, 0.29) is 0 Å². The summed E-state index contributed by atoms with van der Waals surface area (Å²) in [4.78, 5) is 10.8. The van der Waals surface area contributed by atoms with Gasteiger partial charge in [-0.05, 0) is 37.7 Å². The number of carbonyl (C=O) groups is 1. The minimum Gasteiger partial charge on any atom is -0.465 e. The van der Waals surface area contributed by atoms with E-state index in [0.29, 0.717) is 5.92 Å². The van der Waals surface area contributed by atoms with Crippen molar-refractivity contribution in [2.75, 3.05) is 0 Å². The van der Waals surface area contributed by atoms with Gasteiger partial charge in [-0.3, -0.25) is 4.79 Å². The third-order valence-corrected chi connectivity index (χ3v) is 3.10. The molecule has 1 aromatic heterocycles. The molecule has 74 valence electrons. The van der Waals surface area contributed by atoms with Gasteiger partial charge in [-0.2, -0.15) is 0 Å². The number of hydrogen-bond acceptors (Lipinski definition) is 2. The molecule has 1 aromatic rings. The van der Waals surface area contributed by atoms with Crippen molar-refractivity contribution in [1.82, 2.24) is 0 Å². The molecular weight excluding hydrogens is 176 g/mol. The van der Waals surface area contributed by atoms with Gasteiger partial charge in [0.15, 0.2) is 6.29 Å². The standard InChI is InChI=1S/C12H14O2/c13-7-10-6-11(5-8-1-2-8)14-12(10)9-3-4-9/h6-9H,1-5H2. The lowest BCUT2D eigenvalue weighted by Gasteiger charge is -1.93. The van der Waals surface area contributed by atoms with Gasteiger partial charge in [-0.15, -0.1) is 0 Å². The van der Waals surface area contributed by atoms with Gasteiger partial charge in [0, 0.05) is 12.3 Å². The molecule has 2 fully saturated rings. The summed E-state index contributed by atoms with van der Waals surface area (Å²) in [6.45, 7) is 0. The molecule has 0 bridgehead atoms. The Kier molecular flexibility index (Phi) is 1.76. The van der Waals surface area contributed by atoms with Crippen molar-refractivity contribution in [3.8, 4) is 0 Å². The molecule has 2 nitrogen and oxygen atoms in total. The molecule has 0 aliphatic heterocycles. The molecule has 0 radical (unpaired) electrons. The molecule has 0 unspecified atom stereocenters. The first-order chi connectivity index (χ1) is 6.86. The Bertz CT molecular complexity index is 356. The Hall–Kier alpha value is -1.05. The van der Waals surface area contributed by atoms with E-state index in [1.165, 1.54) is 25.7 Å². The normalized spacial score (nSPS) is 21.1. The molecule has 2 saturated carbocycles. The number of furan rings is 1. The van der Waals surface area contributed by atoms with Gasteiger partial charge < -0.3 is 4.42 Å².